The van der Waals surface area contributed by atoms with E-state index in [1.54, 1.807) is 31.3 Å². The molecular weight excluding hydrogens is 306 g/mol. The zero-order valence-electron chi connectivity index (χ0n) is 12.1. The van der Waals surface area contributed by atoms with Gasteiger partial charge in [0, 0.05) is 41.9 Å². The van der Waals surface area contributed by atoms with Gasteiger partial charge in [-0.15, -0.1) is 0 Å². The molecule has 6 heteroatoms. The first-order valence-electron chi connectivity index (χ1n) is 6.43. The van der Waals surface area contributed by atoms with Crippen LogP contribution in [-0.2, 0) is 9.59 Å². The molecule has 0 bridgehead atoms. The molecule has 0 amide bonds. The summed E-state index contributed by atoms with van der Waals surface area (Å²) in [5.41, 5.74) is 0.501. The molecule has 22 heavy (non-hydrogen) atoms. The summed E-state index contributed by atoms with van der Waals surface area (Å²) in [6.07, 6.45) is 1.07. The van der Waals surface area contributed by atoms with Gasteiger partial charge in [-0.3, -0.25) is 4.79 Å². The molecule has 0 radical (unpaired) electrons. The number of esters is 2. The van der Waals surface area contributed by atoms with Crippen molar-refractivity contribution >= 4 is 40.0 Å². The van der Waals surface area contributed by atoms with Gasteiger partial charge in [-0.05, 0) is 18.2 Å². The zero-order valence-corrected chi connectivity index (χ0v) is 12.9. The summed E-state index contributed by atoms with van der Waals surface area (Å²) in [5, 5.41) is 4.53. The molecule has 0 aliphatic rings. The first-order valence-corrected chi connectivity index (χ1v) is 6.80. The van der Waals surface area contributed by atoms with Crippen molar-refractivity contribution in [2.24, 2.45) is 0 Å². The monoisotopic (exact) mass is 319 g/mol. The Balaban J connectivity index is 2.75. The fraction of sp³-hybridized carbons (Fsp3) is 0.125. The van der Waals surface area contributed by atoms with Gasteiger partial charge in [0.2, 0.25) is 0 Å². The molecule has 0 spiro atoms. The third-order valence-corrected chi connectivity index (χ3v) is 3.14. The quantitative estimate of drug-likeness (QED) is 0.530. The van der Waals surface area contributed by atoms with E-state index in [1.165, 1.54) is 6.92 Å². The SMILES string of the molecule is C=CC(=O)Oc1c(NC)cc(OC(C)=O)c2cc(Cl)ccc12. The second-order valence-corrected chi connectivity index (χ2v) is 4.85. The summed E-state index contributed by atoms with van der Waals surface area (Å²) in [6.45, 7) is 4.68. The van der Waals surface area contributed by atoms with Crippen LogP contribution in [-0.4, -0.2) is 19.0 Å². The third kappa shape index (κ3) is 3.20. The van der Waals surface area contributed by atoms with Crippen LogP contribution in [0.1, 0.15) is 6.92 Å². The highest BCUT2D eigenvalue weighted by Gasteiger charge is 2.17. The maximum absolute atomic E-state index is 11.5. The molecule has 0 aliphatic heterocycles. The van der Waals surface area contributed by atoms with E-state index in [0.29, 0.717) is 33.0 Å². The highest BCUT2D eigenvalue weighted by atomic mass is 35.5. The molecule has 2 aromatic carbocycles. The average molecular weight is 320 g/mol. The fourth-order valence-corrected chi connectivity index (χ4v) is 2.19. The first kappa shape index (κ1) is 15.9. The number of benzene rings is 2. The van der Waals surface area contributed by atoms with Crippen molar-refractivity contribution in [3.05, 3.63) is 41.9 Å². The largest absolute Gasteiger partial charge is 0.426 e. The predicted molar refractivity (Wildman–Crippen MR) is 85.6 cm³/mol. The van der Waals surface area contributed by atoms with Crippen LogP contribution in [0.4, 0.5) is 5.69 Å². The Labute approximate surface area is 132 Å². The molecular formula is C16H14ClNO4. The molecule has 0 unspecified atom stereocenters. The molecule has 0 atom stereocenters. The van der Waals surface area contributed by atoms with Gasteiger partial charge >= 0.3 is 11.9 Å². The van der Waals surface area contributed by atoms with Gasteiger partial charge < -0.3 is 14.8 Å². The van der Waals surface area contributed by atoms with Gasteiger partial charge in [0.1, 0.15) is 5.75 Å². The van der Waals surface area contributed by atoms with Gasteiger partial charge in [0.25, 0.3) is 0 Å². The summed E-state index contributed by atoms with van der Waals surface area (Å²) in [5.74, 6) is -0.408. The van der Waals surface area contributed by atoms with E-state index >= 15 is 0 Å². The van der Waals surface area contributed by atoms with Crippen LogP contribution in [0.2, 0.25) is 5.02 Å². The van der Waals surface area contributed by atoms with Gasteiger partial charge in [-0.25, -0.2) is 4.79 Å². The van der Waals surface area contributed by atoms with E-state index < -0.39 is 11.9 Å². The number of hydrogen-bond acceptors (Lipinski definition) is 5. The first-order chi connectivity index (χ1) is 10.5. The number of carbonyl (C=O) groups is 2. The van der Waals surface area contributed by atoms with Crippen LogP contribution in [0.5, 0.6) is 11.5 Å². The lowest BCUT2D eigenvalue weighted by molar-refractivity contribution is -0.132. The molecule has 0 saturated heterocycles. The number of anilines is 1. The van der Waals surface area contributed by atoms with E-state index in [1.807, 2.05) is 0 Å². The fourth-order valence-electron chi connectivity index (χ4n) is 2.02. The number of hydrogen-bond donors (Lipinski definition) is 1. The van der Waals surface area contributed by atoms with Crippen molar-refractivity contribution < 1.29 is 19.1 Å². The number of ether oxygens (including phenoxy) is 2. The highest BCUT2D eigenvalue weighted by molar-refractivity contribution is 6.31. The summed E-state index contributed by atoms with van der Waals surface area (Å²) >= 11 is 6.01. The van der Waals surface area contributed by atoms with Crippen LogP contribution in [0.3, 0.4) is 0 Å². The van der Waals surface area contributed by atoms with Crippen LogP contribution in [0.15, 0.2) is 36.9 Å². The Hall–Kier alpha value is -2.53. The lowest BCUT2D eigenvalue weighted by Gasteiger charge is -2.15. The summed E-state index contributed by atoms with van der Waals surface area (Å²) < 4.78 is 10.5. The molecule has 5 nitrogen and oxygen atoms in total. The smallest absolute Gasteiger partial charge is 0.335 e. The van der Waals surface area contributed by atoms with Crippen LogP contribution < -0.4 is 14.8 Å². The van der Waals surface area contributed by atoms with E-state index in [4.69, 9.17) is 21.1 Å². The van der Waals surface area contributed by atoms with E-state index in [2.05, 4.69) is 11.9 Å². The van der Waals surface area contributed by atoms with Gasteiger partial charge in [0.15, 0.2) is 5.75 Å². The maximum Gasteiger partial charge on any atom is 0.335 e. The molecule has 0 saturated carbocycles. The molecule has 114 valence electrons. The Morgan fingerprint density at radius 1 is 1.23 bits per heavy atom. The molecule has 1 N–H and O–H groups in total. The van der Waals surface area contributed by atoms with Gasteiger partial charge in [-0.2, -0.15) is 0 Å². The minimum atomic E-state index is -0.590. The Morgan fingerprint density at radius 3 is 2.55 bits per heavy atom. The minimum Gasteiger partial charge on any atom is -0.426 e. The van der Waals surface area contributed by atoms with Crippen LogP contribution >= 0.6 is 11.6 Å². The normalized spacial score (nSPS) is 10.1. The highest BCUT2D eigenvalue weighted by Crippen LogP contribution is 2.41. The van der Waals surface area contributed by atoms with E-state index in [9.17, 15) is 9.59 Å². The van der Waals surface area contributed by atoms with Crippen molar-refractivity contribution in [3.63, 3.8) is 0 Å². The minimum absolute atomic E-state index is 0.315. The summed E-state index contributed by atoms with van der Waals surface area (Å²) in [4.78, 5) is 22.8. The standard InChI is InChI=1S/C16H14ClNO4/c1-4-15(20)22-16-11-6-5-10(17)7-12(11)14(21-9(2)19)8-13(16)18-3/h4-8,18H,1H2,2-3H3. The van der Waals surface area contributed by atoms with Gasteiger partial charge in [0.05, 0.1) is 5.69 Å². The van der Waals surface area contributed by atoms with Crippen LogP contribution in [0, 0.1) is 0 Å². The lowest BCUT2D eigenvalue weighted by Crippen LogP contribution is -2.08. The summed E-state index contributed by atoms with van der Waals surface area (Å²) in [7, 11) is 1.67. The number of nitrogens with one attached hydrogen (secondary N) is 1. The Morgan fingerprint density at radius 2 is 1.95 bits per heavy atom. The number of fused-ring (bicyclic) bond motifs is 1. The molecule has 2 aromatic rings. The summed E-state index contributed by atoms with van der Waals surface area (Å²) in [6, 6.07) is 6.56. The van der Waals surface area contributed by atoms with Crippen molar-refractivity contribution in [3.8, 4) is 11.5 Å². The molecule has 0 aliphatic carbocycles. The van der Waals surface area contributed by atoms with Crippen molar-refractivity contribution in [2.45, 2.75) is 6.92 Å². The maximum atomic E-state index is 11.5. The third-order valence-electron chi connectivity index (χ3n) is 2.90. The molecule has 2 rings (SSSR count). The lowest BCUT2D eigenvalue weighted by atomic mass is 10.1. The number of halogens is 1. The van der Waals surface area contributed by atoms with E-state index in [0.717, 1.165) is 6.08 Å². The van der Waals surface area contributed by atoms with Crippen molar-refractivity contribution in [1.29, 1.82) is 0 Å². The predicted octanol–water partition coefficient (Wildman–Crippen LogP) is 3.55. The van der Waals surface area contributed by atoms with Crippen molar-refractivity contribution in [1.82, 2.24) is 0 Å². The average Bonchev–Trinajstić information content (AvgIpc) is 2.48. The second kappa shape index (κ2) is 6.49. The van der Waals surface area contributed by atoms with E-state index in [-0.39, 0.29) is 0 Å². The number of carbonyl (C=O) groups excluding carboxylic acids is 2. The molecule has 0 aromatic heterocycles. The molecule has 0 heterocycles. The van der Waals surface area contributed by atoms with Gasteiger partial charge in [-0.1, -0.05) is 18.2 Å². The second-order valence-electron chi connectivity index (χ2n) is 4.41. The Bertz CT molecular complexity index is 770. The Kier molecular flexibility index (Phi) is 4.68. The van der Waals surface area contributed by atoms with Crippen LogP contribution in [0.25, 0.3) is 10.8 Å². The van der Waals surface area contributed by atoms with Crippen molar-refractivity contribution in [2.75, 3.05) is 12.4 Å². The topological polar surface area (TPSA) is 64.6 Å². The number of rotatable bonds is 4. The zero-order chi connectivity index (χ0) is 16.3. The molecule has 0 fully saturated rings.